The van der Waals surface area contributed by atoms with Crippen molar-refractivity contribution in [1.82, 2.24) is 10.2 Å². The summed E-state index contributed by atoms with van der Waals surface area (Å²) in [6.07, 6.45) is 3.69. The maximum absolute atomic E-state index is 12.3. The van der Waals surface area contributed by atoms with E-state index in [1.807, 2.05) is 0 Å². The summed E-state index contributed by atoms with van der Waals surface area (Å²) in [6, 6.07) is -0.289. The van der Waals surface area contributed by atoms with E-state index in [0.717, 1.165) is 25.7 Å². The molecule has 0 aromatic heterocycles. The topological polar surface area (TPSA) is 58.6 Å². The lowest BCUT2D eigenvalue weighted by Crippen LogP contribution is -2.65. The van der Waals surface area contributed by atoms with Crippen LogP contribution in [0, 0.1) is 5.41 Å². The summed E-state index contributed by atoms with van der Waals surface area (Å²) < 4.78 is 5.25. The van der Waals surface area contributed by atoms with E-state index in [9.17, 15) is 9.59 Å². The lowest BCUT2D eigenvalue weighted by molar-refractivity contribution is -0.148. The first-order valence-electron chi connectivity index (χ1n) is 5.92. The van der Waals surface area contributed by atoms with Crippen molar-refractivity contribution in [2.75, 3.05) is 19.8 Å². The molecule has 5 nitrogen and oxygen atoms in total. The van der Waals surface area contributed by atoms with Gasteiger partial charge >= 0.3 is 6.03 Å². The minimum atomic E-state index is -0.281. The van der Waals surface area contributed by atoms with Crippen molar-refractivity contribution < 1.29 is 14.3 Å². The number of carbonyl (C=O) groups excluding carboxylic acids is 2. The lowest BCUT2D eigenvalue weighted by atomic mass is 9.67. The number of carbonyl (C=O) groups is 2. The maximum atomic E-state index is 12.3. The van der Waals surface area contributed by atoms with Gasteiger partial charge in [0.2, 0.25) is 5.91 Å². The number of nitrogens with one attached hydrogen (secondary N) is 1. The molecule has 1 spiro atoms. The summed E-state index contributed by atoms with van der Waals surface area (Å²) in [7, 11) is 0. The first-order valence-corrected chi connectivity index (χ1v) is 5.92. The largest absolute Gasteiger partial charge is 0.379 e. The Hall–Kier alpha value is -1.10. The third kappa shape index (κ3) is 1.27. The quantitative estimate of drug-likeness (QED) is 0.705. The third-order valence-electron chi connectivity index (χ3n) is 4.05. The second-order valence-electron chi connectivity index (χ2n) is 4.99. The predicted octanol–water partition coefficient (Wildman–Crippen LogP) is 0.497. The molecule has 3 aliphatic rings. The Morgan fingerprint density at radius 2 is 2.19 bits per heavy atom. The van der Waals surface area contributed by atoms with Crippen molar-refractivity contribution in [2.45, 2.75) is 31.7 Å². The summed E-state index contributed by atoms with van der Waals surface area (Å²) in [6.45, 7) is 1.67. The van der Waals surface area contributed by atoms with E-state index >= 15 is 0 Å². The number of hydrogen-bond donors (Lipinski definition) is 1. The molecule has 1 atom stereocenters. The molecule has 0 aromatic carbocycles. The number of ether oxygens (including phenoxy) is 1. The van der Waals surface area contributed by atoms with E-state index in [2.05, 4.69) is 5.32 Å². The maximum Gasteiger partial charge on any atom is 0.324 e. The molecule has 2 heterocycles. The van der Waals surface area contributed by atoms with Gasteiger partial charge in [0.05, 0.1) is 18.1 Å². The van der Waals surface area contributed by atoms with Crippen molar-refractivity contribution in [3.05, 3.63) is 0 Å². The Morgan fingerprint density at radius 3 is 2.75 bits per heavy atom. The third-order valence-corrected chi connectivity index (χ3v) is 4.05. The lowest BCUT2D eigenvalue weighted by Gasteiger charge is -2.47. The van der Waals surface area contributed by atoms with Gasteiger partial charge in [-0.3, -0.25) is 9.69 Å². The number of nitrogens with zero attached hydrogens (tertiary/aromatic N) is 1. The SMILES string of the molecule is O=C1NCC2(CCC2)C(=O)N1C1CCOC1. The monoisotopic (exact) mass is 224 g/mol. The van der Waals surface area contributed by atoms with Crippen LogP contribution >= 0.6 is 0 Å². The van der Waals surface area contributed by atoms with Gasteiger partial charge in [-0.05, 0) is 19.3 Å². The summed E-state index contributed by atoms with van der Waals surface area (Å²) in [4.78, 5) is 25.5. The molecular formula is C11H16N2O3. The van der Waals surface area contributed by atoms with Crippen LogP contribution in [0.1, 0.15) is 25.7 Å². The van der Waals surface area contributed by atoms with Gasteiger partial charge in [0.1, 0.15) is 0 Å². The molecule has 0 radical (unpaired) electrons. The normalized spacial score (nSPS) is 32.8. The molecule has 3 amide bonds. The van der Waals surface area contributed by atoms with Gasteiger partial charge in [-0.25, -0.2) is 4.79 Å². The Kier molecular flexibility index (Phi) is 2.17. The van der Waals surface area contributed by atoms with Gasteiger partial charge in [-0.1, -0.05) is 6.42 Å². The Balaban J connectivity index is 1.83. The number of amides is 3. The van der Waals surface area contributed by atoms with Crippen molar-refractivity contribution in [2.24, 2.45) is 5.41 Å². The van der Waals surface area contributed by atoms with Crippen LogP contribution in [0.5, 0.6) is 0 Å². The summed E-state index contributed by atoms with van der Waals surface area (Å²) in [5, 5.41) is 2.84. The number of imide groups is 1. The van der Waals surface area contributed by atoms with Crippen molar-refractivity contribution in [1.29, 1.82) is 0 Å². The van der Waals surface area contributed by atoms with E-state index in [4.69, 9.17) is 4.74 Å². The van der Waals surface area contributed by atoms with E-state index in [-0.39, 0.29) is 23.4 Å². The summed E-state index contributed by atoms with van der Waals surface area (Å²) >= 11 is 0. The zero-order chi connectivity index (χ0) is 11.2. The predicted molar refractivity (Wildman–Crippen MR) is 55.8 cm³/mol. The number of urea groups is 1. The van der Waals surface area contributed by atoms with Crippen LogP contribution in [0.4, 0.5) is 4.79 Å². The van der Waals surface area contributed by atoms with E-state index < -0.39 is 0 Å². The standard InChI is InChI=1S/C11H16N2O3/c14-9-11(3-1-4-11)7-12-10(15)13(9)8-2-5-16-6-8/h8H,1-7H2,(H,12,15). The van der Waals surface area contributed by atoms with E-state index in [1.54, 1.807) is 0 Å². The molecule has 0 bridgehead atoms. The van der Waals surface area contributed by atoms with Gasteiger partial charge in [0.15, 0.2) is 0 Å². The Labute approximate surface area is 94.1 Å². The molecule has 5 heteroatoms. The fourth-order valence-electron chi connectivity index (χ4n) is 2.80. The highest BCUT2D eigenvalue weighted by atomic mass is 16.5. The van der Waals surface area contributed by atoms with Crippen LogP contribution in [-0.4, -0.2) is 42.6 Å². The zero-order valence-corrected chi connectivity index (χ0v) is 9.20. The average molecular weight is 224 g/mol. The van der Waals surface area contributed by atoms with Crippen molar-refractivity contribution >= 4 is 11.9 Å². The van der Waals surface area contributed by atoms with Crippen LogP contribution in [0.3, 0.4) is 0 Å². The smallest absolute Gasteiger partial charge is 0.324 e. The van der Waals surface area contributed by atoms with Crippen LogP contribution < -0.4 is 5.32 Å². The first kappa shape index (κ1) is 10.1. The fourth-order valence-corrected chi connectivity index (χ4v) is 2.80. The Morgan fingerprint density at radius 1 is 1.38 bits per heavy atom. The number of rotatable bonds is 1. The molecule has 1 N–H and O–H groups in total. The zero-order valence-electron chi connectivity index (χ0n) is 9.20. The highest BCUT2D eigenvalue weighted by Crippen LogP contribution is 2.44. The van der Waals surface area contributed by atoms with Gasteiger partial charge in [-0.15, -0.1) is 0 Å². The molecule has 1 aliphatic carbocycles. The van der Waals surface area contributed by atoms with Crippen molar-refractivity contribution in [3.63, 3.8) is 0 Å². The first-order chi connectivity index (χ1) is 7.73. The van der Waals surface area contributed by atoms with Gasteiger partial charge in [0.25, 0.3) is 0 Å². The Bertz CT molecular complexity index is 332. The molecule has 16 heavy (non-hydrogen) atoms. The second-order valence-corrected chi connectivity index (χ2v) is 4.99. The van der Waals surface area contributed by atoms with Crippen molar-refractivity contribution in [3.8, 4) is 0 Å². The minimum Gasteiger partial charge on any atom is -0.379 e. The van der Waals surface area contributed by atoms with Gasteiger partial charge in [-0.2, -0.15) is 0 Å². The second kappa shape index (κ2) is 3.45. The highest BCUT2D eigenvalue weighted by Gasteiger charge is 2.52. The van der Waals surface area contributed by atoms with Gasteiger partial charge in [0, 0.05) is 13.2 Å². The molecule has 88 valence electrons. The molecule has 2 saturated heterocycles. The van der Waals surface area contributed by atoms with E-state index in [0.29, 0.717) is 19.8 Å². The van der Waals surface area contributed by atoms with Gasteiger partial charge < -0.3 is 10.1 Å². The number of hydrogen-bond acceptors (Lipinski definition) is 3. The molecule has 1 unspecified atom stereocenters. The van der Waals surface area contributed by atoms with Crippen LogP contribution in [0.15, 0.2) is 0 Å². The van der Waals surface area contributed by atoms with E-state index in [1.165, 1.54) is 4.90 Å². The fraction of sp³-hybridized carbons (Fsp3) is 0.818. The molecular weight excluding hydrogens is 208 g/mol. The molecule has 2 aliphatic heterocycles. The summed E-state index contributed by atoms with van der Waals surface area (Å²) in [5.74, 6) is 0.0259. The molecule has 3 rings (SSSR count). The van der Waals surface area contributed by atoms with Crippen LogP contribution in [0.25, 0.3) is 0 Å². The molecule has 0 aromatic rings. The highest BCUT2D eigenvalue weighted by molar-refractivity contribution is 6.01. The minimum absolute atomic E-state index is 0.0259. The summed E-state index contributed by atoms with van der Waals surface area (Å²) in [5.41, 5.74) is -0.281. The van der Waals surface area contributed by atoms with Crippen LogP contribution in [-0.2, 0) is 9.53 Å². The molecule has 3 fully saturated rings. The molecule has 1 saturated carbocycles. The average Bonchev–Trinajstić information content (AvgIpc) is 2.69. The van der Waals surface area contributed by atoms with Crippen LogP contribution in [0.2, 0.25) is 0 Å².